The van der Waals surface area contributed by atoms with Crippen molar-refractivity contribution >= 4 is 0 Å². The highest BCUT2D eigenvalue weighted by Gasteiger charge is 2.33. The van der Waals surface area contributed by atoms with Crippen molar-refractivity contribution in [2.75, 3.05) is 6.61 Å². The quantitative estimate of drug-likeness (QED) is 0.836. The summed E-state index contributed by atoms with van der Waals surface area (Å²) < 4.78 is 5.75. The molecule has 3 heteroatoms. The minimum absolute atomic E-state index is 0.382. The maximum Gasteiger partial charge on any atom is 0.138 e. The fraction of sp³-hybridized carbons (Fsp3) is 0.533. The second-order valence-electron chi connectivity index (χ2n) is 5.15. The zero-order valence-corrected chi connectivity index (χ0v) is 11.1. The molecule has 0 spiro atoms. The molecule has 1 aliphatic rings. The number of rotatable bonds is 6. The maximum absolute atomic E-state index is 9.25. The summed E-state index contributed by atoms with van der Waals surface area (Å²) in [6, 6.07) is 10.9. The van der Waals surface area contributed by atoms with E-state index in [1.807, 2.05) is 25.1 Å². The largest absolute Gasteiger partial charge is 0.491 e. The van der Waals surface area contributed by atoms with Gasteiger partial charge < -0.3 is 4.74 Å². The van der Waals surface area contributed by atoms with Crippen molar-refractivity contribution < 1.29 is 4.74 Å². The second kappa shape index (κ2) is 5.41. The van der Waals surface area contributed by atoms with E-state index < -0.39 is 5.54 Å². The van der Waals surface area contributed by atoms with E-state index in [2.05, 4.69) is 24.4 Å². The van der Waals surface area contributed by atoms with Gasteiger partial charge in [-0.15, -0.1) is 0 Å². The molecule has 0 saturated heterocycles. The lowest BCUT2D eigenvalue weighted by molar-refractivity contribution is 0.232. The molecule has 1 saturated carbocycles. The normalized spacial score (nSPS) is 17.8. The van der Waals surface area contributed by atoms with Crippen molar-refractivity contribution in [3.63, 3.8) is 0 Å². The van der Waals surface area contributed by atoms with E-state index >= 15 is 0 Å². The molecule has 1 unspecified atom stereocenters. The van der Waals surface area contributed by atoms with Gasteiger partial charge in [-0.1, -0.05) is 19.1 Å². The lowest BCUT2D eigenvalue weighted by atomic mass is 10.1. The van der Waals surface area contributed by atoms with E-state index in [1.165, 1.54) is 18.4 Å². The Morgan fingerprint density at radius 2 is 2.28 bits per heavy atom. The van der Waals surface area contributed by atoms with Crippen molar-refractivity contribution in [3.05, 3.63) is 29.8 Å². The first-order chi connectivity index (χ1) is 8.65. The smallest absolute Gasteiger partial charge is 0.138 e. The Labute approximate surface area is 109 Å². The highest BCUT2D eigenvalue weighted by atomic mass is 16.5. The molecule has 0 amide bonds. The average molecular weight is 244 g/mol. The third kappa shape index (κ3) is 3.48. The van der Waals surface area contributed by atoms with Crippen molar-refractivity contribution in [1.82, 2.24) is 5.32 Å². The van der Waals surface area contributed by atoms with Crippen molar-refractivity contribution in [1.29, 1.82) is 5.26 Å². The molecule has 1 aliphatic carbocycles. The van der Waals surface area contributed by atoms with E-state index in [0.29, 0.717) is 12.6 Å². The van der Waals surface area contributed by atoms with Crippen LogP contribution in [0.2, 0.25) is 0 Å². The molecule has 1 aromatic carbocycles. The Hall–Kier alpha value is -1.53. The van der Waals surface area contributed by atoms with Crippen LogP contribution >= 0.6 is 0 Å². The number of nitriles is 1. The van der Waals surface area contributed by atoms with Gasteiger partial charge in [0.2, 0.25) is 0 Å². The SMILES string of the molecule is CCc1cccc(OCC(C)(C#N)NC2CC2)c1. The molecule has 1 aromatic rings. The van der Waals surface area contributed by atoms with Gasteiger partial charge in [0.05, 0.1) is 6.07 Å². The van der Waals surface area contributed by atoms with Gasteiger partial charge in [0.15, 0.2) is 0 Å². The minimum Gasteiger partial charge on any atom is -0.491 e. The summed E-state index contributed by atoms with van der Waals surface area (Å²) in [5.41, 5.74) is 0.657. The fourth-order valence-corrected chi connectivity index (χ4v) is 1.87. The lowest BCUT2D eigenvalue weighted by Crippen LogP contribution is -2.47. The van der Waals surface area contributed by atoms with Crippen LogP contribution < -0.4 is 10.1 Å². The van der Waals surface area contributed by atoms with Crippen LogP contribution in [0.4, 0.5) is 0 Å². The molecule has 18 heavy (non-hydrogen) atoms. The summed E-state index contributed by atoms with van der Waals surface area (Å²) in [7, 11) is 0. The molecular formula is C15H20N2O. The Balaban J connectivity index is 1.94. The van der Waals surface area contributed by atoms with Crippen LogP contribution in [0.5, 0.6) is 5.75 Å². The van der Waals surface area contributed by atoms with Crippen LogP contribution in [0, 0.1) is 11.3 Å². The Morgan fingerprint density at radius 1 is 1.50 bits per heavy atom. The first-order valence-electron chi connectivity index (χ1n) is 6.56. The third-order valence-electron chi connectivity index (χ3n) is 3.18. The molecule has 1 atom stereocenters. The third-order valence-corrected chi connectivity index (χ3v) is 3.18. The number of hydrogen-bond acceptors (Lipinski definition) is 3. The molecule has 1 fully saturated rings. The van der Waals surface area contributed by atoms with E-state index in [1.54, 1.807) is 0 Å². The predicted octanol–water partition coefficient (Wildman–Crippen LogP) is 2.66. The molecule has 2 rings (SSSR count). The lowest BCUT2D eigenvalue weighted by Gasteiger charge is -2.23. The number of aryl methyl sites for hydroxylation is 1. The van der Waals surface area contributed by atoms with E-state index in [-0.39, 0.29) is 0 Å². The summed E-state index contributed by atoms with van der Waals surface area (Å²) in [6.07, 6.45) is 3.33. The van der Waals surface area contributed by atoms with Crippen LogP contribution in [-0.4, -0.2) is 18.2 Å². The summed E-state index contributed by atoms with van der Waals surface area (Å²) >= 11 is 0. The molecule has 96 valence electrons. The molecular weight excluding hydrogens is 224 g/mol. The second-order valence-corrected chi connectivity index (χ2v) is 5.15. The number of nitrogens with zero attached hydrogens (tertiary/aromatic N) is 1. The number of ether oxygens (including phenoxy) is 1. The van der Waals surface area contributed by atoms with Crippen molar-refractivity contribution in [2.45, 2.75) is 44.7 Å². The average Bonchev–Trinajstić information content (AvgIpc) is 3.20. The van der Waals surface area contributed by atoms with Crippen LogP contribution in [0.15, 0.2) is 24.3 Å². The minimum atomic E-state index is -0.594. The molecule has 0 radical (unpaired) electrons. The molecule has 0 aliphatic heterocycles. The Kier molecular flexibility index (Phi) is 3.88. The molecule has 0 bridgehead atoms. The summed E-state index contributed by atoms with van der Waals surface area (Å²) in [6.45, 7) is 4.40. The van der Waals surface area contributed by atoms with Gasteiger partial charge in [0, 0.05) is 6.04 Å². The predicted molar refractivity (Wildman–Crippen MR) is 71.5 cm³/mol. The van der Waals surface area contributed by atoms with Gasteiger partial charge in [-0.2, -0.15) is 5.26 Å². The van der Waals surface area contributed by atoms with E-state index in [0.717, 1.165) is 12.2 Å². The zero-order valence-electron chi connectivity index (χ0n) is 11.1. The number of benzene rings is 1. The van der Waals surface area contributed by atoms with Crippen LogP contribution in [0.3, 0.4) is 0 Å². The Morgan fingerprint density at radius 3 is 2.89 bits per heavy atom. The van der Waals surface area contributed by atoms with Crippen LogP contribution in [0.25, 0.3) is 0 Å². The van der Waals surface area contributed by atoms with Gasteiger partial charge in [-0.05, 0) is 43.9 Å². The van der Waals surface area contributed by atoms with E-state index in [4.69, 9.17) is 4.74 Å². The van der Waals surface area contributed by atoms with Crippen LogP contribution in [0.1, 0.15) is 32.3 Å². The molecule has 0 heterocycles. The van der Waals surface area contributed by atoms with Crippen LogP contribution in [-0.2, 0) is 6.42 Å². The molecule has 1 N–H and O–H groups in total. The summed E-state index contributed by atoms with van der Waals surface area (Å²) in [5, 5.41) is 12.6. The number of hydrogen-bond donors (Lipinski definition) is 1. The topological polar surface area (TPSA) is 45.0 Å². The monoisotopic (exact) mass is 244 g/mol. The first kappa shape index (κ1) is 12.9. The van der Waals surface area contributed by atoms with Gasteiger partial charge in [0.25, 0.3) is 0 Å². The van der Waals surface area contributed by atoms with Crippen molar-refractivity contribution in [3.8, 4) is 11.8 Å². The highest BCUT2D eigenvalue weighted by molar-refractivity contribution is 5.28. The van der Waals surface area contributed by atoms with Gasteiger partial charge >= 0.3 is 0 Å². The molecule has 3 nitrogen and oxygen atoms in total. The summed E-state index contributed by atoms with van der Waals surface area (Å²) in [5.74, 6) is 0.841. The van der Waals surface area contributed by atoms with Gasteiger partial charge in [-0.3, -0.25) is 5.32 Å². The van der Waals surface area contributed by atoms with E-state index in [9.17, 15) is 5.26 Å². The zero-order chi connectivity index (χ0) is 13.0. The fourth-order valence-electron chi connectivity index (χ4n) is 1.87. The standard InChI is InChI=1S/C15H20N2O/c1-3-12-5-4-6-14(9-12)18-11-15(2,10-16)17-13-7-8-13/h4-6,9,13,17H,3,7-8,11H2,1-2H3. The van der Waals surface area contributed by atoms with Gasteiger partial charge in [0.1, 0.15) is 17.9 Å². The highest BCUT2D eigenvalue weighted by Crippen LogP contribution is 2.23. The first-order valence-corrected chi connectivity index (χ1v) is 6.56. The van der Waals surface area contributed by atoms with Gasteiger partial charge in [-0.25, -0.2) is 0 Å². The van der Waals surface area contributed by atoms with Crippen molar-refractivity contribution in [2.24, 2.45) is 0 Å². The maximum atomic E-state index is 9.25. The molecule has 0 aromatic heterocycles. The number of nitrogens with one attached hydrogen (secondary N) is 1. The summed E-state index contributed by atoms with van der Waals surface area (Å²) in [4.78, 5) is 0. The Bertz CT molecular complexity index is 448.